The van der Waals surface area contributed by atoms with Gasteiger partial charge in [-0.25, -0.2) is 4.98 Å². The highest BCUT2D eigenvalue weighted by atomic mass is 35.5. The molecule has 0 spiro atoms. The van der Waals surface area contributed by atoms with E-state index >= 15 is 0 Å². The monoisotopic (exact) mass is 356 g/mol. The van der Waals surface area contributed by atoms with E-state index in [4.69, 9.17) is 20.8 Å². The van der Waals surface area contributed by atoms with E-state index in [2.05, 4.69) is 10.3 Å². The molecule has 0 saturated heterocycles. The average Bonchev–Trinajstić information content (AvgIpc) is 3.03. The quantitative estimate of drug-likeness (QED) is 0.742. The first-order valence-corrected chi connectivity index (χ1v) is 8.09. The molecular weight excluding hydrogens is 340 g/mol. The number of ether oxygens (including phenoxy) is 1. The Bertz CT molecular complexity index is 871. The molecule has 0 bridgehead atoms. The van der Waals surface area contributed by atoms with Crippen LogP contribution in [-0.4, -0.2) is 18.0 Å². The van der Waals surface area contributed by atoms with E-state index in [9.17, 15) is 4.79 Å². The summed E-state index contributed by atoms with van der Waals surface area (Å²) in [6.07, 6.45) is 0. The van der Waals surface area contributed by atoms with Gasteiger partial charge in [0.1, 0.15) is 11.5 Å². The number of nitrogens with zero attached hydrogens (tertiary/aromatic N) is 1. The van der Waals surface area contributed by atoms with Gasteiger partial charge in [-0.3, -0.25) is 4.79 Å². The molecule has 6 heteroatoms. The maximum absolute atomic E-state index is 12.4. The van der Waals surface area contributed by atoms with Gasteiger partial charge in [0, 0.05) is 17.1 Å². The highest BCUT2D eigenvalue weighted by molar-refractivity contribution is 6.30. The van der Waals surface area contributed by atoms with Crippen molar-refractivity contribution in [3.63, 3.8) is 0 Å². The zero-order valence-corrected chi connectivity index (χ0v) is 14.6. The van der Waals surface area contributed by atoms with Gasteiger partial charge in [-0.1, -0.05) is 23.7 Å². The van der Waals surface area contributed by atoms with Crippen molar-refractivity contribution < 1.29 is 13.9 Å². The maximum atomic E-state index is 12.4. The molecule has 25 heavy (non-hydrogen) atoms. The molecule has 0 aliphatic heterocycles. The van der Waals surface area contributed by atoms with Gasteiger partial charge < -0.3 is 14.5 Å². The van der Waals surface area contributed by atoms with E-state index in [0.717, 1.165) is 16.9 Å². The molecule has 5 nitrogen and oxygen atoms in total. The summed E-state index contributed by atoms with van der Waals surface area (Å²) >= 11 is 5.85. The zero-order chi connectivity index (χ0) is 17.8. The van der Waals surface area contributed by atoms with Crippen LogP contribution in [0.4, 0.5) is 0 Å². The topological polar surface area (TPSA) is 64.4 Å². The molecule has 0 aliphatic rings. The first kappa shape index (κ1) is 17.0. The van der Waals surface area contributed by atoms with Crippen LogP contribution in [0, 0.1) is 6.92 Å². The second-order valence-corrected chi connectivity index (χ2v) is 5.90. The Hall–Kier alpha value is -2.79. The standard InChI is InChI=1S/C19H17ClN2O3/c1-12-17(18(23)21-11-13-3-7-15(20)8-4-13)22-19(25-12)14-5-9-16(24-2)10-6-14/h3-10H,11H2,1-2H3,(H,21,23). The van der Waals surface area contributed by atoms with Crippen molar-refractivity contribution in [2.24, 2.45) is 0 Å². The number of amides is 1. The van der Waals surface area contributed by atoms with E-state index in [1.165, 1.54) is 0 Å². The van der Waals surface area contributed by atoms with Crippen LogP contribution in [0.25, 0.3) is 11.5 Å². The Kier molecular flexibility index (Phi) is 5.05. The fraction of sp³-hybridized carbons (Fsp3) is 0.158. The van der Waals surface area contributed by atoms with Crippen molar-refractivity contribution in [1.82, 2.24) is 10.3 Å². The summed E-state index contributed by atoms with van der Waals surface area (Å²) in [6, 6.07) is 14.6. The Labute approximate surface area is 150 Å². The van der Waals surface area contributed by atoms with Crippen LogP contribution in [0.3, 0.4) is 0 Å². The number of carbonyl (C=O) groups is 1. The second-order valence-electron chi connectivity index (χ2n) is 5.46. The minimum absolute atomic E-state index is 0.278. The lowest BCUT2D eigenvalue weighted by Gasteiger charge is -2.03. The largest absolute Gasteiger partial charge is 0.497 e. The first-order chi connectivity index (χ1) is 12.1. The molecule has 1 N–H and O–H groups in total. The van der Waals surface area contributed by atoms with E-state index in [-0.39, 0.29) is 11.6 Å². The van der Waals surface area contributed by atoms with Gasteiger partial charge in [0.15, 0.2) is 5.69 Å². The smallest absolute Gasteiger partial charge is 0.273 e. The normalized spacial score (nSPS) is 10.5. The molecule has 0 aliphatic carbocycles. The summed E-state index contributed by atoms with van der Waals surface area (Å²) in [5, 5.41) is 3.49. The third kappa shape index (κ3) is 4.00. The van der Waals surface area contributed by atoms with Crippen molar-refractivity contribution in [2.75, 3.05) is 7.11 Å². The van der Waals surface area contributed by atoms with E-state index in [0.29, 0.717) is 23.2 Å². The number of halogens is 1. The maximum Gasteiger partial charge on any atom is 0.273 e. The molecular formula is C19H17ClN2O3. The third-order valence-electron chi connectivity index (χ3n) is 3.71. The Morgan fingerprint density at radius 2 is 1.84 bits per heavy atom. The molecule has 1 amide bonds. The summed E-state index contributed by atoms with van der Waals surface area (Å²) in [4.78, 5) is 16.7. The molecule has 2 aromatic carbocycles. The molecule has 1 heterocycles. The Morgan fingerprint density at radius 3 is 2.48 bits per heavy atom. The minimum Gasteiger partial charge on any atom is -0.497 e. The van der Waals surface area contributed by atoms with Crippen LogP contribution in [0.15, 0.2) is 52.9 Å². The number of hydrogen-bond donors (Lipinski definition) is 1. The van der Waals surface area contributed by atoms with E-state index in [1.54, 1.807) is 26.2 Å². The number of aryl methyl sites for hydroxylation is 1. The SMILES string of the molecule is COc1ccc(-c2nc(C(=O)NCc3ccc(Cl)cc3)c(C)o2)cc1. The lowest BCUT2D eigenvalue weighted by Crippen LogP contribution is -2.23. The van der Waals surface area contributed by atoms with Crippen molar-refractivity contribution in [1.29, 1.82) is 0 Å². The predicted octanol–water partition coefficient (Wildman–Crippen LogP) is 4.24. The molecule has 128 valence electrons. The number of nitrogens with one attached hydrogen (secondary N) is 1. The summed E-state index contributed by atoms with van der Waals surface area (Å²) in [5.41, 5.74) is 2.01. The lowest BCUT2D eigenvalue weighted by atomic mass is 10.2. The molecule has 0 saturated carbocycles. The predicted molar refractivity (Wildman–Crippen MR) is 95.9 cm³/mol. The summed E-state index contributed by atoms with van der Waals surface area (Å²) in [5.74, 6) is 1.33. The average molecular weight is 357 g/mol. The molecule has 3 aromatic rings. The highest BCUT2D eigenvalue weighted by Crippen LogP contribution is 2.24. The number of hydrogen-bond acceptors (Lipinski definition) is 4. The van der Waals surface area contributed by atoms with Gasteiger partial charge in [0.25, 0.3) is 5.91 Å². The highest BCUT2D eigenvalue weighted by Gasteiger charge is 2.18. The van der Waals surface area contributed by atoms with Gasteiger partial charge in [0.2, 0.25) is 5.89 Å². The first-order valence-electron chi connectivity index (χ1n) is 7.71. The fourth-order valence-corrected chi connectivity index (χ4v) is 2.46. The number of carbonyl (C=O) groups excluding carboxylic acids is 1. The number of benzene rings is 2. The molecule has 0 radical (unpaired) electrons. The zero-order valence-electron chi connectivity index (χ0n) is 13.9. The Morgan fingerprint density at radius 1 is 1.16 bits per heavy atom. The fourth-order valence-electron chi connectivity index (χ4n) is 2.33. The number of oxazole rings is 1. The van der Waals surface area contributed by atoms with Gasteiger partial charge in [0.05, 0.1) is 7.11 Å². The number of aromatic nitrogens is 1. The minimum atomic E-state index is -0.282. The van der Waals surface area contributed by atoms with Crippen molar-refractivity contribution in [2.45, 2.75) is 13.5 Å². The van der Waals surface area contributed by atoms with E-state index < -0.39 is 0 Å². The number of methoxy groups -OCH3 is 1. The summed E-state index contributed by atoms with van der Waals surface area (Å²) < 4.78 is 10.8. The third-order valence-corrected chi connectivity index (χ3v) is 3.97. The lowest BCUT2D eigenvalue weighted by molar-refractivity contribution is 0.0945. The summed E-state index contributed by atoms with van der Waals surface area (Å²) in [6.45, 7) is 2.11. The molecule has 3 rings (SSSR count). The molecule has 0 fully saturated rings. The van der Waals surface area contributed by atoms with Crippen LogP contribution >= 0.6 is 11.6 Å². The van der Waals surface area contributed by atoms with Crippen molar-refractivity contribution >= 4 is 17.5 Å². The van der Waals surface area contributed by atoms with Crippen LogP contribution in [-0.2, 0) is 6.54 Å². The van der Waals surface area contributed by atoms with Crippen molar-refractivity contribution in [3.05, 3.63) is 70.6 Å². The second kappa shape index (κ2) is 7.40. The summed E-state index contributed by atoms with van der Waals surface area (Å²) in [7, 11) is 1.60. The Balaban J connectivity index is 1.72. The van der Waals surface area contributed by atoms with Crippen molar-refractivity contribution in [3.8, 4) is 17.2 Å². The van der Waals surface area contributed by atoms with E-state index in [1.807, 2.05) is 36.4 Å². The van der Waals surface area contributed by atoms with Gasteiger partial charge in [-0.15, -0.1) is 0 Å². The van der Waals surface area contributed by atoms with Gasteiger partial charge in [-0.2, -0.15) is 0 Å². The van der Waals surface area contributed by atoms with Gasteiger partial charge >= 0.3 is 0 Å². The molecule has 1 aromatic heterocycles. The van der Waals surface area contributed by atoms with Crippen LogP contribution in [0.2, 0.25) is 5.02 Å². The molecule has 0 atom stereocenters. The van der Waals surface area contributed by atoms with Crippen LogP contribution in [0.1, 0.15) is 21.8 Å². The van der Waals surface area contributed by atoms with Crippen LogP contribution < -0.4 is 10.1 Å². The van der Waals surface area contributed by atoms with Crippen LogP contribution in [0.5, 0.6) is 5.75 Å². The molecule has 0 unspecified atom stereocenters. The van der Waals surface area contributed by atoms with Gasteiger partial charge in [-0.05, 0) is 48.9 Å². The number of rotatable bonds is 5.